The van der Waals surface area contributed by atoms with Crippen molar-refractivity contribution in [1.82, 2.24) is 30.4 Å². The smallest absolute Gasteiger partial charge is 0.243 e. The molecule has 1 aromatic carbocycles. The van der Waals surface area contributed by atoms with Crippen LogP contribution in [0, 0.1) is 11.8 Å². The van der Waals surface area contributed by atoms with Gasteiger partial charge >= 0.3 is 0 Å². The molecule has 5 rings (SSSR count). The van der Waals surface area contributed by atoms with Gasteiger partial charge in [-0.1, -0.05) is 67.9 Å². The molecule has 13 nitrogen and oxygen atoms in total. The van der Waals surface area contributed by atoms with Gasteiger partial charge in [0, 0.05) is 24.4 Å². The number of carbonyl (C=O) groups is 3. The van der Waals surface area contributed by atoms with Crippen LogP contribution in [0.15, 0.2) is 28.8 Å². The Morgan fingerprint density at radius 3 is 2.41 bits per heavy atom. The summed E-state index contributed by atoms with van der Waals surface area (Å²) in [7, 11) is -3.76. The maximum Gasteiger partial charge on any atom is 0.243 e. The fourth-order valence-corrected chi connectivity index (χ4v) is 8.52. The van der Waals surface area contributed by atoms with Crippen molar-refractivity contribution >= 4 is 39.2 Å². The summed E-state index contributed by atoms with van der Waals surface area (Å²) < 4.78 is 39.3. The van der Waals surface area contributed by atoms with Crippen molar-refractivity contribution in [2.24, 2.45) is 11.8 Å². The van der Waals surface area contributed by atoms with Crippen LogP contribution in [0.3, 0.4) is 0 Å². The maximum absolute atomic E-state index is 14.4. The molecular formula is C36H53ClN6O7S. The van der Waals surface area contributed by atoms with Crippen molar-refractivity contribution in [2.75, 3.05) is 25.9 Å². The van der Waals surface area contributed by atoms with Crippen molar-refractivity contribution in [1.29, 1.82) is 0 Å². The van der Waals surface area contributed by atoms with Gasteiger partial charge in [0.2, 0.25) is 39.3 Å². The first-order valence-corrected chi connectivity index (χ1v) is 20.7. The number of piperidine rings is 1. The van der Waals surface area contributed by atoms with E-state index in [0.717, 1.165) is 69.9 Å². The Balaban J connectivity index is 1.39. The number of hydrogen-bond acceptors (Lipinski definition) is 10. The third-order valence-corrected chi connectivity index (χ3v) is 11.4. The Morgan fingerprint density at radius 2 is 1.76 bits per heavy atom. The quantitative estimate of drug-likeness (QED) is 0.209. The predicted octanol–water partition coefficient (Wildman–Crippen LogP) is 4.37. The minimum absolute atomic E-state index is 0.0794. The van der Waals surface area contributed by atoms with Crippen LogP contribution in [-0.4, -0.2) is 91.2 Å². The second-order valence-corrected chi connectivity index (χ2v) is 16.7. The van der Waals surface area contributed by atoms with Gasteiger partial charge in [0.25, 0.3) is 0 Å². The lowest BCUT2D eigenvalue weighted by molar-refractivity contribution is -0.140. The molecule has 0 spiro atoms. The highest BCUT2D eigenvalue weighted by atomic mass is 35.5. The van der Waals surface area contributed by atoms with Crippen LogP contribution in [0.1, 0.15) is 113 Å². The first kappa shape index (κ1) is 39.3. The average Bonchev–Trinajstić information content (AvgIpc) is 3.78. The van der Waals surface area contributed by atoms with E-state index in [0.29, 0.717) is 42.5 Å². The molecule has 2 aromatic rings. The molecule has 1 saturated carbocycles. The van der Waals surface area contributed by atoms with Crippen molar-refractivity contribution in [2.45, 2.75) is 121 Å². The van der Waals surface area contributed by atoms with Crippen molar-refractivity contribution in [3.05, 3.63) is 46.6 Å². The van der Waals surface area contributed by atoms with Crippen LogP contribution in [0.25, 0.3) is 0 Å². The largest absolute Gasteiger partial charge is 0.369 e. The van der Waals surface area contributed by atoms with E-state index in [1.165, 1.54) is 4.90 Å². The Morgan fingerprint density at radius 1 is 1.06 bits per heavy atom. The zero-order valence-electron chi connectivity index (χ0n) is 29.9. The molecule has 0 radical (unpaired) electrons. The number of nitrogens with one attached hydrogen (secondary N) is 3. The van der Waals surface area contributed by atoms with Gasteiger partial charge in [0.1, 0.15) is 12.1 Å². The maximum atomic E-state index is 14.4. The van der Waals surface area contributed by atoms with Crippen LogP contribution in [0.4, 0.5) is 0 Å². The van der Waals surface area contributed by atoms with Crippen LogP contribution >= 0.6 is 11.6 Å². The van der Waals surface area contributed by atoms with Crippen LogP contribution in [0.2, 0.25) is 5.02 Å². The Hall–Kier alpha value is -2.91. The third kappa shape index (κ3) is 11.3. The first-order chi connectivity index (χ1) is 24.4. The van der Waals surface area contributed by atoms with Crippen molar-refractivity contribution in [3.63, 3.8) is 0 Å². The third-order valence-electron chi connectivity index (χ3n) is 10.5. The minimum atomic E-state index is -3.76. The fourth-order valence-electron chi connectivity index (χ4n) is 7.66. The number of carbonyl (C=O) groups excluding carboxylic acids is 3. The molecule has 0 bridgehead atoms. The first-order valence-electron chi connectivity index (χ1n) is 18.5. The Kier molecular flexibility index (Phi) is 14.0. The molecule has 3 heterocycles. The van der Waals surface area contributed by atoms with Crippen LogP contribution in [-0.2, 0) is 30.8 Å². The standard InChI is InChI=1S/C36H53ClN6O7S/c1-4-32-40-34(41-50-32)33(44)30(20-25-8-6-5-7-9-25)39-35(45)31-21-28(49-23(2)26-11-13-27(37)14-12-26)22-43(31)36(46)29(42-51(3,47)48)15-10-24-16-18-38-19-17-24/h11-14,23-25,28-31,38,42H,4-10,15-22H2,1-3H3,(H,39,45)/t23?,28-,29-,30+,31+/m1/s1. The number of Topliss-reactive ketones (excluding diaryl/α,β-unsaturated/α-hetero) is 1. The Labute approximate surface area is 306 Å². The molecule has 3 fully saturated rings. The van der Waals surface area contributed by atoms with Gasteiger partial charge < -0.3 is 24.8 Å². The Bertz CT molecular complexity index is 1580. The van der Waals surface area contributed by atoms with E-state index in [9.17, 15) is 22.8 Å². The monoisotopic (exact) mass is 748 g/mol. The summed E-state index contributed by atoms with van der Waals surface area (Å²) >= 11 is 6.10. The lowest BCUT2D eigenvalue weighted by Gasteiger charge is -2.31. The van der Waals surface area contributed by atoms with E-state index in [1.54, 1.807) is 12.1 Å². The summed E-state index contributed by atoms with van der Waals surface area (Å²) in [6, 6.07) is 4.31. The highest BCUT2D eigenvalue weighted by Gasteiger charge is 2.44. The number of halogens is 1. The van der Waals surface area contributed by atoms with Gasteiger partial charge in [-0.2, -0.15) is 4.98 Å². The second-order valence-electron chi connectivity index (χ2n) is 14.4. The number of rotatable bonds is 16. The van der Waals surface area contributed by atoms with Crippen molar-refractivity contribution in [3.8, 4) is 0 Å². The summed E-state index contributed by atoms with van der Waals surface area (Å²) in [5.41, 5.74) is 0.883. The molecule has 2 aliphatic heterocycles. The van der Waals surface area contributed by atoms with Gasteiger partial charge in [-0.15, -0.1) is 0 Å². The van der Waals surface area contributed by atoms with E-state index >= 15 is 0 Å². The minimum Gasteiger partial charge on any atom is -0.369 e. The molecule has 2 amide bonds. The molecule has 3 aliphatic rings. The topological polar surface area (TPSA) is 173 Å². The number of ether oxygens (including phenoxy) is 1. The predicted molar refractivity (Wildman–Crippen MR) is 193 cm³/mol. The molecule has 1 aromatic heterocycles. The lowest BCUT2D eigenvalue weighted by Crippen LogP contribution is -2.55. The van der Waals surface area contributed by atoms with Crippen LogP contribution in [0.5, 0.6) is 0 Å². The number of aromatic nitrogens is 2. The van der Waals surface area contributed by atoms with Crippen molar-refractivity contribution < 1.29 is 32.1 Å². The average molecular weight is 749 g/mol. The highest BCUT2D eigenvalue weighted by Crippen LogP contribution is 2.31. The lowest BCUT2D eigenvalue weighted by atomic mass is 9.84. The zero-order chi connectivity index (χ0) is 36.5. The van der Waals surface area contributed by atoms with E-state index in [2.05, 4.69) is 25.5 Å². The van der Waals surface area contributed by atoms with E-state index < -0.39 is 51.9 Å². The normalized spacial score (nSPS) is 22.4. The number of amides is 2. The number of benzene rings is 1. The number of likely N-dealkylation sites (tertiary alicyclic amines) is 1. The number of aryl methyl sites for hydroxylation is 1. The zero-order valence-corrected chi connectivity index (χ0v) is 31.5. The van der Waals surface area contributed by atoms with Crippen LogP contribution < -0.4 is 15.4 Å². The second kappa shape index (κ2) is 18.2. The molecular weight excluding hydrogens is 696 g/mol. The summed E-state index contributed by atoms with van der Waals surface area (Å²) in [6.07, 6.45) is 9.22. The number of sulfonamides is 1. The van der Waals surface area contributed by atoms with E-state index in [-0.39, 0.29) is 30.8 Å². The summed E-state index contributed by atoms with van der Waals surface area (Å²) in [5, 5.41) is 10.8. The highest BCUT2D eigenvalue weighted by molar-refractivity contribution is 7.88. The summed E-state index contributed by atoms with van der Waals surface area (Å²) in [6.45, 7) is 5.58. The molecule has 3 N–H and O–H groups in total. The van der Waals surface area contributed by atoms with Gasteiger partial charge in [0.05, 0.1) is 24.5 Å². The number of nitrogens with zero attached hydrogens (tertiary/aromatic N) is 3. The van der Waals surface area contributed by atoms with E-state index in [4.69, 9.17) is 20.9 Å². The van der Waals surface area contributed by atoms with Gasteiger partial charge in [0.15, 0.2) is 0 Å². The molecule has 51 heavy (non-hydrogen) atoms. The number of ketones is 1. The number of hydrogen-bond donors (Lipinski definition) is 3. The molecule has 1 unspecified atom stereocenters. The fraction of sp³-hybridized carbons (Fsp3) is 0.694. The summed E-state index contributed by atoms with van der Waals surface area (Å²) in [4.78, 5) is 48.2. The summed E-state index contributed by atoms with van der Waals surface area (Å²) in [5.74, 6) is -0.573. The molecule has 15 heteroatoms. The van der Waals surface area contributed by atoms with Gasteiger partial charge in [-0.25, -0.2) is 13.1 Å². The molecule has 1 aliphatic carbocycles. The SMILES string of the molecule is CCc1nc(C(=O)[C@H](CC2CCCCC2)NC(=O)[C@@H]2C[C@@H](OC(C)c3ccc(Cl)cc3)CN2C(=O)[C@@H](CCC2CCNCC2)NS(C)(=O)=O)no1. The molecule has 282 valence electrons. The van der Waals surface area contributed by atoms with E-state index in [1.807, 2.05) is 26.0 Å². The van der Waals surface area contributed by atoms with Gasteiger partial charge in [-0.3, -0.25) is 14.4 Å². The molecule has 2 saturated heterocycles. The molecule has 5 atom stereocenters. The van der Waals surface area contributed by atoms with Gasteiger partial charge in [-0.05, 0) is 81.6 Å².